The minimum absolute atomic E-state index is 0.107. The number of allylic oxidation sites excluding steroid dienone is 1. The minimum Gasteiger partial charge on any atom is -0.474 e. The highest BCUT2D eigenvalue weighted by atomic mass is 16.5. The number of pyridine rings is 1. The number of nitrogens with zero attached hydrogens (tertiary/aromatic N) is 7. The van der Waals surface area contributed by atoms with Gasteiger partial charge in [-0.1, -0.05) is 19.1 Å². The molecule has 2 N–H and O–H groups in total. The lowest BCUT2D eigenvalue weighted by Gasteiger charge is -2.23. The van der Waals surface area contributed by atoms with Crippen molar-refractivity contribution in [2.45, 2.75) is 45.4 Å². The van der Waals surface area contributed by atoms with E-state index in [-0.39, 0.29) is 18.2 Å². The maximum Gasteiger partial charge on any atom is 0.278 e. The predicted octanol–water partition coefficient (Wildman–Crippen LogP) is 3.80. The number of rotatable bonds is 9. The van der Waals surface area contributed by atoms with Crippen LogP contribution in [0.25, 0.3) is 27.8 Å². The number of ether oxygens (including phenoxy) is 1. The van der Waals surface area contributed by atoms with Crippen LogP contribution in [-0.2, 0) is 13.1 Å². The van der Waals surface area contributed by atoms with Gasteiger partial charge in [-0.2, -0.15) is 15.1 Å². The Hall–Kier alpha value is -4.51. The monoisotopic (exact) mass is 525 g/mol. The second kappa shape index (κ2) is 10.7. The predicted molar refractivity (Wildman–Crippen MR) is 151 cm³/mol. The second-order valence-electron chi connectivity index (χ2n) is 9.59. The summed E-state index contributed by atoms with van der Waals surface area (Å²) in [4.78, 5) is 27.2. The summed E-state index contributed by atoms with van der Waals surface area (Å²) < 4.78 is 11.4. The first kappa shape index (κ1) is 24.8. The molecule has 1 fully saturated rings. The third kappa shape index (κ3) is 4.88. The van der Waals surface area contributed by atoms with Crippen molar-refractivity contribution in [1.82, 2.24) is 39.4 Å². The zero-order valence-electron chi connectivity index (χ0n) is 21.9. The van der Waals surface area contributed by atoms with Gasteiger partial charge in [-0.25, -0.2) is 14.3 Å². The average molecular weight is 526 g/mol. The topological polar surface area (TPSA) is 117 Å². The van der Waals surface area contributed by atoms with Crippen LogP contribution in [-0.4, -0.2) is 53.3 Å². The number of aryl methyl sites for hydroxylation is 1. The van der Waals surface area contributed by atoms with E-state index in [9.17, 15) is 4.79 Å². The standard InChI is InChI=1S/C28H31N9O2/c1-3-14-35-23-9-8-20(16-19(23)17-31-35)32-28-30-18-22-26(34-28)37(36(15-4-2)27(22)38)24-6-5-7-25(33-24)39-21-10-12-29-13-11-21/h4-9,16-18,21,29H,2-3,10-15H2,1H3,(H,30,32,34). The van der Waals surface area contributed by atoms with E-state index in [1.54, 1.807) is 21.6 Å². The van der Waals surface area contributed by atoms with Gasteiger partial charge in [0.05, 0.1) is 18.3 Å². The first-order valence-electron chi connectivity index (χ1n) is 13.3. The van der Waals surface area contributed by atoms with E-state index in [1.807, 2.05) is 47.3 Å². The smallest absolute Gasteiger partial charge is 0.278 e. The van der Waals surface area contributed by atoms with Crippen molar-refractivity contribution in [1.29, 1.82) is 0 Å². The van der Waals surface area contributed by atoms with Gasteiger partial charge in [0.25, 0.3) is 5.56 Å². The van der Waals surface area contributed by atoms with Crippen LogP contribution in [0, 0.1) is 0 Å². The maximum atomic E-state index is 13.3. The molecule has 0 amide bonds. The van der Waals surface area contributed by atoms with Crippen molar-refractivity contribution in [2.24, 2.45) is 0 Å². The van der Waals surface area contributed by atoms with Gasteiger partial charge in [-0.3, -0.25) is 9.48 Å². The average Bonchev–Trinajstić information content (AvgIpc) is 3.47. The number of hydrogen-bond donors (Lipinski definition) is 2. The molecule has 11 heteroatoms. The van der Waals surface area contributed by atoms with Crippen molar-refractivity contribution < 1.29 is 4.74 Å². The van der Waals surface area contributed by atoms with Gasteiger partial charge >= 0.3 is 0 Å². The van der Waals surface area contributed by atoms with Crippen LogP contribution in [0.1, 0.15) is 26.2 Å². The fourth-order valence-electron chi connectivity index (χ4n) is 4.96. The molecule has 0 atom stereocenters. The SMILES string of the molecule is C=CCn1c(=O)c2cnc(Nc3ccc4c(cnn4CCC)c3)nc2n1-c1cccc(OC2CCNCC2)n1. The highest BCUT2D eigenvalue weighted by molar-refractivity contribution is 5.83. The summed E-state index contributed by atoms with van der Waals surface area (Å²) in [7, 11) is 0. The van der Waals surface area contributed by atoms with E-state index in [0.717, 1.165) is 55.5 Å². The molecule has 0 spiro atoms. The molecule has 4 aromatic heterocycles. The molecule has 11 nitrogen and oxygen atoms in total. The van der Waals surface area contributed by atoms with E-state index in [4.69, 9.17) is 14.7 Å². The number of hydrogen-bond acceptors (Lipinski definition) is 8. The molecule has 0 aliphatic carbocycles. The zero-order chi connectivity index (χ0) is 26.8. The van der Waals surface area contributed by atoms with Crippen LogP contribution in [0.3, 0.4) is 0 Å². The Morgan fingerprint density at radius 1 is 1.18 bits per heavy atom. The first-order chi connectivity index (χ1) is 19.1. The molecule has 6 rings (SSSR count). The molecule has 0 radical (unpaired) electrons. The summed E-state index contributed by atoms with van der Waals surface area (Å²) in [5, 5.41) is 12.5. The normalized spacial score (nSPS) is 14.2. The van der Waals surface area contributed by atoms with Gasteiger partial charge in [0.2, 0.25) is 11.8 Å². The van der Waals surface area contributed by atoms with Gasteiger partial charge in [0.15, 0.2) is 11.5 Å². The van der Waals surface area contributed by atoms with Crippen LogP contribution >= 0.6 is 0 Å². The Morgan fingerprint density at radius 2 is 2.05 bits per heavy atom. The van der Waals surface area contributed by atoms with Crippen LogP contribution in [0.4, 0.5) is 11.6 Å². The van der Waals surface area contributed by atoms with Crippen LogP contribution in [0.2, 0.25) is 0 Å². The third-order valence-corrected chi connectivity index (χ3v) is 6.81. The summed E-state index contributed by atoms with van der Waals surface area (Å²) in [6.07, 6.45) is 8.05. The van der Waals surface area contributed by atoms with Crippen LogP contribution in [0.15, 0.2) is 66.2 Å². The van der Waals surface area contributed by atoms with Gasteiger partial charge in [0.1, 0.15) is 11.5 Å². The summed E-state index contributed by atoms with van der Waals surface area (Å²) in [6.45, 7) is 8.96. The molecule has 200 valence electrons. The van der Waals surface area contributed by atoms with Crippen LogP contribution in [0.5, 0.6) is 5.88 Å². The fraction of sp³-hybridized carbons (Fsp3) is 0.321. The minimum atomic E-state index is -0.215. The van der Waals surface area contributed by atoms with Crippen molar-refractivity contribution >= 4 is 33.6 Å². The molecule has 1 saturated heterocycles. The lowest BCUT2D eigenvalue weighted by atomic mass is 10.1. The van der Waals surface area contributed by atoms with Gasteiger partial charge in [-0.05, 0) is 56.6 Å². The zero-order valence-corrected chi connectivity index (χ0v) is 21.9. The molecule has 5 aromatic rings. The van der Waals surface area contributed by atoms with Gasteiger partial charge in [-0.15, -0.1) is 6.58 Å². The lowest BCUT2D eigenvalue weighted by molar-refractivity contribution is 0.156. The number of nitrogens with one attached hydrogen (secondary N) is 2. The number of benzene rings is 1. The molecule has 1 aromatic carbocycles. The molecule has 5 heterocycles. The Labute approximate surface area is 225 Å². The molecular weight excluding hydrogens is 494 g/mol. The molecule has 0 bridgehead atoms. The fourth-order valence-corrected chi connectivity index (χ4v) is 4.96. The molecule has 1 aliphatic heterocycles. The molecule has 0 saturated carbocycles. The van der Waals surface area contributed by atoms with E-state index >= 15 is 0 Å². The van der Waals surface area contributed by atoms with Crippen molar-refractivity contribution in [2.75, 3.05) is 18.4 Å². The molecule has 0 unspecified atom stereocenters. The largest absolute Gasteiger partial charge is 0.474 e. The van der Waals surface area contributed by atoms with Gasteiger partial charge < -0.3 is 15.4 Å². The second-order valence-corrected chi connectivity index (χ2v) is 9.59. The Bertz CT molecular complexity index is 1690. The van der Waals surface area contributed by atoms with E-state index in [2.05, 4.69) is 34.2 Å². The van der Waals surface area contributed by atoms with E-state index < -0.39 is 0 Å². The van der Waals surface area contributed by atoms with Crippen molar-refractivity contribution in [3.05, 3.63) is 71.8 Å². The van der Waals surface area contributed by atoms with Crippen LogP contribution < -0.4 is 20.9 Å². The highest BCUT2D eigenvalue weighted by Gasteiger charge is 2.20. The third-order valence-electron chi connectivity index (χ3n) is 6.81. The van der Waals surface area contributed by atoms with Crippen molar-refractivity contribution in [3.63, 3.8) is 0 Å². The van der Waals surface area contributed by atoms with E-state index in [0.29, 0.717) is 28.7 Å². The summed E-state index contributed by atoms with van der Waals surface area (Å²) >= 11 is 0. The van der Waals surface area contributed by atoms with Gasteiger partial charge in [0, 0.05) is 29.9 Å². The Balaban J connectivity index is 1.37. The molecule has 39 heavy (non-hydrogen) atoms. The van der Waals surface area contributed by atoms with E-state index in [1.165, 1.54) is 0 Å². The summed E-state index contributed by atoms with van der Waals surface area (Å²) in [5.74, 6) is 1.42. The number of aromatic nitrogens is 7. The highest BCUT2D eigenvalue weighted by Crippen LogP contribution is 2.23. The van der Waals surface area contributed by atoms with Crippen molar-refractivity contribution in [3.8, 4) is 11.7 Å². The molecular formula is C28H31N9O2. The Morgan fingerprint density at radius 3 is 2.87 bits per heavy atom. The first-order valence-corrected chi connectivity index (χ1v) is 13.3. The maximum absolute atomic E-state index is 13.3. The summed E-state index contributed by atoms with van der Waals surface area (Å²) in [6, 6.07) is 11.6. The number of piperidine rings is 1. The lowest BCUT2D eigenvalue weighted by Crippen LogP contribution is -2.34. The quantitative estimate of drug-likeness (QED) is 0.279. The number of anilines is 2. The molecule has 1 aliphatic rings. The number of fused-ring (bicyclic) bond motifs is 2. The summed E-state index contributed by atoms with van der Waals surface area (Å²) in [5.41, 5.74) is 2.13. The Kier molecular flexibility index (Phi) is 6.80.